The predicted molar refractivity (Wildman–Crippen MR) is 147 cm³/mol. The average Bonchev–Trinajstić information content (AvgIpc) is 2.67. The first-order chi connectivity index (χ1) is 14.5. The van der Waals surface area contributed by atoms with E-state index in [9.17, 15) is 4.79 Å². The third-order valence-corrected chi connectivity index (χ3v) is 11.3. The van der Waals surface area contributed by atoms with Crippen LogP contribution in [0.4, 0.5) is 5.69 Å². The summed E-state index contributed by atoms with van der Waals surface area (Å²) in [5.74, 6) is 0.126. The van der Waals surface area contributed by atoms with Gasteiger partial charge < -0.3 is 4.90 Å². The van der Waals surface area contributed by atoms with Crippen molar-refractivity contribution in [2.75, 3.05) is 11.9 Å². The van der Waals surface area contributed by atoms with Crippen LogP contribution in [-0.2, 0) is 4.79 Å². The SMILES string of the molecule is Cc1c(C)c(C)c(N(C)C(=O)C(C)(C)N2C(C)(C)C(C)(C)N(P)C(C)(C)C2(C)C)c(C)c1C. The number of hydrogen-bond acceptors (Lipinski definition) is 3. The Morgan fingerprint density at radius 2 is 1.00 bits per heavy atom. The van der Waals surface area contributed by atoms with E-state index < -0.39 is 5.54 Å². The zero-order valence-corrected chi connectivity index (χ0v) is 25.5. The van der Waals surface area contributed by atoms with Gasteiger partial charge in [0.2, 0.25) is 5.91 Å². The molecule has 1 fully saturated rings. The third-order valence-electron chi connectivity index (χ3n) is 10.00. The molecule has 0 aliphatic carbocycles. The van der Waals surface area contributed by atoms with Crippen LogP contribution in [0.25, 0.3) is 0 Å². The van der Waals surface area contributed by atoms with E-state index >= 15 is 0 Å². The third kappa shape index (κ3) is 3.62. The Labute approximate surface area is 206 Å². The number of anilines is 1. The Kier molecular flexibility index (Phi) is 6.89. The summed E-state index contributed by atoms with van der Waals surface area (Å²) in [6.45, 7) is 33.3. The highest BCUT2D eigenvalue weighted by Crippen LogP contribution is 2.55. The Morgan fingerprint density at radius 3 is 1.33 bits per heavy atom. The molecule has 33 heavy (non-hydrogen) atoms. The summed E-state index contributed by atoms with van der Waals surface area (Å²) in [5.41, 5.74) is 5.62. The number of likely N-dealkylation sites (N-methyl/N-ethyl adjacent to an activating group) is 1. The van der Waals surface area contributed by atoms with Crippen LogP contribution in [0.5, 0.6) is 0 Å². The Hall–Kier alpha value is -0.960. The quantitative estimate of drug-likeness (QED) is 0.467. The van der Waals surface area contributed by atoms with Crippen molar-refractivity contribution < 1.29 is 4.79 Å². The summed E-state index contributed by atoms with van der Waals surface area (Å²) >= 11 is 0. The lowest BCUT2D eigenvalue weighted by molar-refractivity contribution is -0.209. The number of rotatable bonds is 3. The largest absolute Gasteiger partial charge is 0.313 e. The molecule has 1 aromatic carbocycles. The maximum absolute atomic E-state index is 14.4. The molecule has 0 radical (unpaired) electrons. The molecule has 0 aromatic heterocycles. The molecule has 1 heterocycles. The molecule has 1 aliphatic heterocycles. The van der Waals surface area contributed by atoms with Gasteiger partial charge in [-0.15, -0.1) is 0 Å². The van der Waals surface area contributed by atoms with E-state index in [1.165, 1.54) is 27.8 Å². The normalized spacial score (nSPS) is 22.3. The van der Waals surface area contributed by atoms with Crippen molar-refractivity contribution in [3.63, 3.8) is 0 Å². The van der Waals surface area contributed by atoms with Crippen molar-refractivity contribution >= 4 is 21.0 Å². The van der Waals surface area contributed by atoms with Gasteiger partial charge in [0.05, 0.1) is 5.54 Å². The molecular formula is C28H50N3OP. The van der Waals surface area contributed by atoms with Gasteiger partial charge in [-0.3, -0.25) is 14.4 Å². The molecule has 188 valence electrons. The Bertz CT molecular complexity index is 915. The van der Waals surface area contributed by atoms with Crippen LogP contribution in [0.3, 0.4) is 0 Å². The van der Waals surface area contributed by atoms with Crippen molar-refractivity contribution in [1.29, 1.82) is 0 Å². The fraction of sp³-hybridized carbons (Fsp3) is 0.750. The van der Waals surface area contributed by atoms with E-state index in [2.05, 4.69) is 123 Å². The lowest BCUT2D eigenvalue weighted by Gasteiger charge is -2.73. The fourth-order valence-electron chi connectivity index (χ4n) is 6.52. The maximum atomic E-state index is 14.4. The number of nitrogens with zero attached hydrogens (tertiary/aromatic N) is 3. The monoisotopic (exact) mass is 475 g/mol. The van der Waals surface area contributed by atoms with Gasteiger partial charge in [-0.2, -0.15) is 0 Å². The van der Waals surface area contributed by atoms with Crippen LogP contribution < -0.4 is 4.90 Å². The molecule has 1 aromatic rings. The summed E-state index contributed by atoms with van der Waals surface area (Å²) in [5, 5.41) is 0. The van der Waals surface area contributed by atoms with Gasteiger partial charge in [-0.1, -0.05) is 9.39 Å². The average molecular weight is 476 g/mol. The summed E-state index contributed by atoms with van der Waals surface area (Å²) < 4.78 is 2.42. The molecule has 1 aliphatic rings. The van der Waals surface area contributed by atoms with E-state index in [4.69, 9.17) is 0 Å². The first-order valence-corrected chi connectivity index (χ1v) is 12.7. The van der Waals surface area contributed by atoms with Crippen molar-refractivity contribution in [3.8, 4) is 0 Å². The molecule has 0 bridgehead atoms. The van der Waals surface area contributed by atoms with Gasteiger partial charge >= 0.3 is 0 Å². The van der Waals surface area contributed by atoms with Crippen molar-refractivity contribution in [2.45, 2.75) is 132 Å². The standard InChI is InChI=1S/C28H50N3OP/c1-17-18(2)20(4)22(21(5)19(17)3)29(16)23(32)24(6,7)30-25(8,9)27(12,13)31(33)28(14,15)26(30,10)11/h33H2,1-16H3. The maximum Gasteiger partial charge on any atom is 0.246 e. The minimum Gasteiger partial charge on any atom is -0.313 e. The zero-order valence-electron chi connectivity index (χ0n) is 24.3. The molecule has 4 nitrogen and oxygen atoms in total. The minimum atomic E-state index is -0.728. The Balaban J connectivity index is 2.74. The number of carbonyl (C=O) groups is 1. The molecule has 2 rings (SSSR count). The van der Waals surface area contributed by atoms with Crippen molar-refractivity contribution in [3.05, 3.63) is 27.8 Å². The highest BCUT2D eigenvalue weighted by Gasteiger charge is 2.66. The van der Waals surface area contributed by atoms with Crippen LogP contribution in [0.2, 0.25) is 0 Å². The van der Waals surface area contributed by atoms with E-state index in [-0.39, 0.29) is 28.1 Å². The topological polar surface area (TPSA) is 26.8 Å². The zero-order chi connectivity index (χ0) is 26.3. The minimum absolute atomic E-state index is 0.126. The van der Waals surface area contributed by atoms with Gasteiger partial charge in [-0.25, -0.2) is 0 Å². The van der Waals surface area contributed by atoms with E-state index in [1.807, 2.05) is 11.9 Å². The molecule has 0 N–H and O–H groups in total. The summed E-state index contributed by atoms with van der Waals surface area (Å²) in [6.07, 6.45) is 0. The Morgan fingerprint density at radius 1 is 0.697 bits per heavy atom. The molecule has 0 saturated carbocycles. The smallest absolute Gasteiger partial charge is 0.246 e. The van der Waals surface area contributed by atoms with Gasteiger partial charge in [-0.05, 0) is 132 Å². The van der Waals surface area contributed by atoms with Crippen LogP contribution >= 0.6 is 9.39 Å². The fourth-order valence-corrected chi connectivity index (χ4v) is 7.15. The van der Waals surface area contributed by atoms with E-state index in [0.29, 0.717) is 0 Å². The first-order valence-electron chi connectivity index (χ1n) is 12.2. The van der Waals surface area contributed by atoms with Gasteiger partial charge in [0, 0.05) is 34.9 Å². The van der Waals surface area contributed by atoms with Crippen LogP contribution in [0.15, 0.2) is 0 Å². The summed E-state index contributed by atoms with van der Waals surface area (Å²) in [7, 11) is 4.94. The lowest BCUT2D eigenvalue weighted by Crippen LogP contribution is -2.86. The van der Waals surface area contributed by atoms with Gasteiger partial charge in [0.15, 0.2) is 0 Å². The van der Waals surface area contributed by atoms with Gasteiger partial charge in [0.25, 0.3) is 0 Å². The number of amides is 1. The molecule has 1 amide bonds. The van der Waals surface area contributed by atoms with Gasteiger partial charge in [0.1, 0.15) is 0 Å². The summed E-state index contributed by atoms with van der Waals surface area (Å²) in [6, 6.07) is 0. The van der Waals surface area contributed by atoms with Crippen molar-refractivity contribution in [2.24, 2.45) is 0 Å². The van der Waals surface area contributed by atoms with Crippen molar-refractivity contribution in [1.82, 2.24) is 9.57 Å². The summed E-state index contributed by atoms with van der Waals surface area (Å²) in [4.78, 5) is 18.8. The molecule has 1 unspecified atom stereocenters. The highest BCUT2D eigenvalue weighted by atomic mass is 31.0. The first kappa shape index (κ1) is 28.3. The van der Waals surface area contributed by atoms with Crippen LogP contribution in [-0.4, -0.2) is 50.2 Å². The molecule has 0 spiro atoms. The number of hydrogen-bond donors (Lipinski definition) is 0. The molecule has 5 heteroatoms. The second-order valence-corrected chi connectivity index (χ2v) is 13.4. The second kappa shape index (κ2) is 8.04. The lowest BCUT2D eigenvalue weighted by atomic mass is 9.64. The van der Waals surface area contributed by atoms with Crippen LogP contribution in [0.1, 0.15) is 97.1 Å². The van der Waals surface area contributed by atoms with E-state index in [0.717, 1.165) is 5.69 Å². The predicted octanol–water partition coefficient (Wildman–Crippen LogP) is 6.49. The molecule has 1 saturated heterocycles. The van der Waals surface area contributed by atoms with E-state index in [1.54, 1.807) is 0 Å². The highest BCUT2D eigenvalue weighted by molar-refractivity contribution is 7.13. The molecular weight excluding hydrogens is 425 g/mol. The number of carbonyl (C=O) groups excluding carboxylic acids is 1. The number of piperazine rings is 1. The molecule has 1 atom stereocenters. The van der Waals surface area contributed by atoms with Crippen LogP contribution in [0, 0.1) is 34.6 Å². The second-order valence-electron chi connectivity index (χ2n) is 12.8. The number of benzene rings is 1.